The second kappa shape index (κ2) is 5.93. The zero-order valence-corrected chi connectivity index (χ0v) is 12.8. The molecule has 0 spiro atoms. The lowest BCUT2D eigenvalue weighted by Crippen LogP contribution is -2.21. The Morgan fingerprint density at radius 1 is 1.45 bits per heavy atom. The first-order valence-electron chi connectivity index (χ1n) is 6.67. The number of hydrogen-bond acceptors (Lipinski definition) is 5. The van der Waals surface area contributed by atoms with Crippen molar-refractivity contribution in [1.82, 2.24) is 15.5 Å². The molecule has 1 aromatic heterocycles. The van der Waals surface area contributed by atoms with Crippen LogP contribution in [0, 0.1) is 6.92 Å². The monoisotopic (exact) mass is 337 g/mol. The molecule has 1 aliphatic rings. The van der Waals surface area contributed by atoms with Gasteiger partial charge in [-0.05, 0) is 25.0 Å². The number of nitrogens with zero attached hydrogens (tertiary/aromatic N) is 2. The van der Waals surface area contributed by atoms with E-state index in [1.54, 1.807) is 6.92 Å². The first-order valence-corrected chi connectivity index (χ1v) is 7.46. The van der Waals surface area contributed by atoms with Crippen molar-refractivity contribution in [3.8, 4) is 5.75 Å². The molecule has 1 N–H and O–H groups in total. The summed E-state index contributed by atoms with van der Waals surface area (Å²) in [5.41, 5.74) is 1.19. The topological polar surface area (TPSA) is 60.2 Å². The summed E-state index contributed by atoms with van der Waals surface area (Å²) in [6.07, 6.45) is 2.06. The molecule has 106 valence electrons. The predicted octanol–water partition coefficient (Wildman–Crippen LogP) is 3.14. The lowest BCUT2D eigenvalue weighted by molar-refractivity contribution is 0.315. The van der Waals surface area contributed by atoms with Crippen LogP contribution in [0.5, 0.6) is 5.75 Å². The van der Waals surface area contributed by atoms with Gasteiger partial charge in [-0.15, -0.1) is 0 Å². The van der Waals surface area contributed by atoms with Gasteiger partial charge >= 0.3 is 0 Å². The molecule has 0 radical (unpaired) electrons. The fourth-order valence-corrected chi connectivity index (χ4v) is 2.73. The third kappa shape index (κ3) is 3.02. The van der Waals surface area contributed by atoms with Gasteiger partial charge in [0.1, 0.15) is 5.75 Å². The number of halogens is 1. The summed E-state index contributed by atoms with van der Waals surface area (Å²) in [5.74, 6) is 2.22. The average Bonchev–Trinajstić information content (AvgIpc) is 2.74. The van der Waals surface area contributed by atoms with E-state index < -0.39 is 0 Å². The maximum absolute atomic E-state index is 5.80. The van der Waals surface area contributed by atoms with E-state index in [9.17, 15) is 0 Å². The minimum absolute atomic E-state index is 0.249. The van der Waals surface area contributed by atoms with Crippen LogP contribution in [0.25, 0.3) is 0 Å². The summed E-state index contributed by atoms with van der Waals surface area (Å²) in [7, 11) is 0. The number of benzene rings is 1. The summed E-state index contributed by atoms with van der Waals surface area (Å²) in [5, 5.41) is 7.39. The lowest BCUT2D eigenvalue weighted by atomic mass is 10.0. The van der Waals surface area contributed by atoms with Crippen LogP contribution in [0.2, 0.25) is 0 Å². The predicted molar refractivity (Wildman–Crippen MR) is 77.5 cm³/mol. The maximum Gasteiger partial charge on any atom is 0.223 e. The van der Waals surface area contributed by atoms with Crippen LogP contribution in [0.1, 0.15) is 36.2 Å². The third-order valence-corrected chi connectivity index (χ3v) is 3.82. The Hall–Kier alpha value is -1.40. The van der Waals surface area contributed by atoms with Gasteiger partial charge < -0.3 is 14.6 Å². The summed E-state index contributed by atoms with van der Waals surface area (Å²) in [6, 6.07) is 6.41. The molecule has 3 rings (SSSR count). The molecule has 2 aromatic rings. The molecule has 6 heteroatoms. The van der Waals surface area contributed by atoms with Gasteiger partial charge in [0, 0.05) is 23.0 Å². The zero-order valence-electron chi connectivity index (χ0n) is 11.2. The summed E-state index contributed by atoms with van der Waals surface area (Å²) >= 11 is 3.48. The highest BCUT2D eigenvalue weighted by molar-refractivity contribution is 9.10. The highest BCUT2D eigenvalue weighted by Gasteiger charge is 2.20. The molecule has 0 aliphatic carbocycles. The molecule has 1 atom stereocenters. The number of aromatic nitrogens is 2. The highest BCUT2D eigenvalue weighted by Crippen LogP contribution is 2.33. The molecule has 5 nitrogen and oxygen atoms in total. The van der Waals surface area contributed by atoms with Crippen LogP contribution in [0.15, 0.2) is 27.2 Å². The Morgan fingerprint density at radius 2 is 2.35 bits per heavy atom. The van der Waals surface area contributed by atoms with E-state index >= 15 is 0 Å². The Balaban J connectivity index is 1.76. The molecule has 0 bridgehead atoms. The molecule has 0 saturated carbocycles. The fourth-order valence-electron chi connectivity index (χ4n) is 2.39. The van der Waals surface area contributed by atoms with E-state index in [0.29, 0.717) is 18.3 Å². The minimum atomic E-state index is 0.249. The van der Waals surface area contributed by atoms with E-state index in [0.717, 1.165) is 29.7 Å². The number of nitrogens with one attached hydrogen (secondary N) is 1. The second-order valence-corrected chi connectivity index (χ2v) is 5.75. The number of aryl methyl sites for hydroxylation is 1. The average molecular weight is 338 g/mol. The Kier molecular flexibility index (Phi) is 4.03. The molecule has 0 fully saturated rings. The van der Waals surface area contributed by atoms with Gasteiger partial charge in [0.25, 0.3) is 0 Å². The van der Waals surface area contributed by atoms with Gasteiger partial charge in [0.15, 0.2) is 5.82 Å². The maximum atomic E-state index is 5.80. The highest BCUT2D eigenvalue weighted by atomic mass is 79.9. The zero-order chi connectivity index (χ0) is 13.9. The Labute approximate surface area is 125 Å². The van der Waals surface area contributed by atoms with Crippen LogP contribution >= 0.6 is 15.9 Å². The number of hydrogen-bond donors (Lipinski definition) is 1. The van der Waals surface area contributed by atoms with Crippen molar-refractivity contribution in [2.45, 2.75) is 32.4 Å². The van der Waals surface area contributed by atoms with E-state index in [-0.39, 0.29) is 6.04 Å². The van der Waals surface area contributed by atoms with Crippen LogP contribution in [-0.4, -0.2) is 16.7 Å². The third-order valence-electron chi connectivity index (χ3n) is 3.32. The molecular weight excluding hydrogens is 322 g/mol. The lowest BCUT2D eigenvalue weighted by Gasteiger charge is -2.17. The second-order valence-electron chi connectivity index (χ2n) is 4.84. The normalized spacial score (nSPS) is 18.2. The van der Waals surface area contributed by atoms with Crippen molar-refractivity contribution in [3.63, 3.8) is 0 Å². The molecule has 0 saturated heterocycles. The van der Waals surface area contributed by atoms with Crippen molar-refractivity contribution >= 4 is 15.9 Å². The van der Waals surface area contributed by atoms with E-state index in [4.69, 9.17) is 9.26 Å². The summed E-state index contributed by atoms with van der Waals surface area (Å²) in [6.45, 7) is 3.14. The largest absolute Gasteiger partial charge is 0.493 e. The van der Waals surface area contributed by atoms with Crippen molar-refractivity contribution in [2.75, 3.05) is 6.61 Å². The van der Waals surface area contributed by atoms with Crippen LogP contribution in [0.4, 0.5) is 0 Å². The summed E-state index contributed by atoms with van der Waals surface area (Å²) in [4.78, 5) is 4.21. The van der Waals surface area contributed by atoms with Crippen molar-refractivity contribution in [1.29, 1.82) is 0 Å². The van der Waals surface area contributed by atoms with Gasteiger partial charge in [-0.25, -0.2) is 0 Å². The first kappa shape index (κ1) is 13.6. The number of ether oxygens (including phenoxy) is 1. The number of rotatable bonds is 3. The Morgan fingerprint density at radius 3 is 3.15 bits per heavy atom. The SMILES string of the molecule is Cc1nc(CNC2CCCOc3cc(Br)ccc32)no1. The van der Waals surface area contributed by atoms with E-state index in [1.807, 2.05) is 12.1 Å². The van der Waals surface area contributed by atoms with Gasteiger partial charge in [0.2, 0.25) is 5.89 Å². The van der Waals surface area contributed by atoms with Crippen LogP contribution < -0.4 is 10.1 Å². The van der Waals surface area contributed by atoms with Crippen molar-refractivity contribution in [3.05, 3.63) is 40.0 Å². The standard InChI is InChI=1S/C14H16BrN3O2/c1-9-17-14(18-20-9)8-16-12-3-2-6-19-13-7-10(15)4-5-11(12)13/h4-5,7,12,16H,2-3,6,8H2,1H3. The molecule has 1 unspecified atom stereocenters. The van der Waals surface area contributed by atoms with E-state index in [2.05, 4.69) is 37.5 Å². The van der Waals surface area contributed by atoms with Gasteiger partial charge in [0.05, 0.1) is 13.2 Å². The van der Waals surface area contributed by atoms with Gasteiger partial charge in [-0.2, -0.15) is 4.98 Å². The molecule has 0 amide bonds. The molecular formula is C14H16BrN3O2. The van der Waals surface area contributed by atoms with E-state index in [1.165, 1.54) is 5.56 Å². The van der Waals surface area contributed by atoms with Gasteiger partial charge in [-0.3, -0.25) is 0 Å². The first-order chi connectivity index (χ1) is 9.72. The van der Waals surface area contributed by atoms with Crippen molar-refractivity contribution < 1.29 is 9.26 Å². The quantitative estimate of drug-likeness (QED) is 0.932. The molecule has 20 heavy (non-hydrogen) atoms. The minimum Gasteiger partial charge on any atom is -0.493 e. The fraction of sp³-hybridized carbons (Fsp3) is 0.429. The Bertz CT molecular complexity index is 600. The molecule has 2 heterocycles. The number of fused-ring (bicyclic) bond motifs is 1. The van der Waals surface area contributed by atoms with Gasteiger partial charge in [-0.1, -0.05) is 27.2 Å². The summed E-state index contributed by atoms with van der Waals surface area (Å²) < 4.78 is 11.8. The smallest absolute Gasteiger partial charge is 0.223 e. The van der Waals surface area contributed by atoms with Crippen molar-refractivity contribution in [2.24, 2.45) is 0 Å². The van der Waals surface area contributed by atoms with Crippen LogP contribution in [-0.2, 0) is 6.54 Å². The van der Waals surface area contributed by atoms with Crippen LogP contribution in [0.3, 0.4) is 0 Å². The molecule has 1 aliphatic heterocycles. The molecule has 1 aromatic carbocycles.